The Morgan fingerprint density at radius 2 is 1.72 bits per heavy atom. The topological polar surface area (TPSA) is 71.7 Å². The number of para-hydroxylation sites is 1. The second-order valence-corrected chi connectivity index (χ2v) is 6.13. The van der Waals surface area contributed by atoms with Crippen LogP contribution in [0.15, 0.2) is 60.8 Å². The molecule has 0 saturated heterocycles. The van der Waals surface area contributed by atoms with Crippen LogP contribution in [0.3, 0.4) is 0 Å². The Labute approximate surface area is 152 Å². The summed E-state index contributed by atoms with van der Waals surface area (Å²) in [6.07, 6.45) is 1.52. The highest BCUT2D eigenvalue weighted by Crippen LogP contribution is 2.29. The maximum absolute atomic E-state index is 10.4. The number of H-pyrrole nitrogens is 1. The predicted octanol–water partition coefficient (Wildman–Crippen LogP) is 4.14. The van der Waals surface area contributed by atoms with Crippen molar-refractivity contribution in [3.8, 4) is 28.6 Å². The molecular weight excluding hydrogens is 358 g/mol. The molecule has 4 rings (SSSR count). The largest absolute Gasteiger partial charge is 0.504 e. The average Bonchev–Trinajstić information content (AvgIpc) is 3.19. The second kappa shape index (κ2) is 6.19. The number of rotatable bonds is 3. The maximum Gasteiger partial charge on any atom is 0.200 e. The van der Waals surface area contributed by atoms with Gasteiger partial charge in [-0.25, -0.2) is 4.68 Å². The zero-order valence-electron chi connectivity index (χ0n) is 12.8. The first-order valence-corrected chi connectivity index (χ1v) is 8.20. The van der Waals surface area contributed by atoms with E-state index >= 15 is 0 Å². The number of hydrogen-bond acceptors (Lipinski definition) is 4. The summed E-state index contributed by atoms with van der Waals surface area (Å²) in [5, 5.41) is 22.4. The molecule has 0 aliphatic heterocycles. The number of nitrogens with zero attached hydrogens (tertiary/aromatic N) is 4. The third-order valence-corrected chi connectivity index (χ3v) is 4.21. The molecule has 124 valence electrons. The summed E-state index contributed by atoms with van der Waals surface area (Å²) in [6, 6.07) is 16.7. The molecule has 0 saturated carbocycles. The lowest BCUT2D eigenvalue weighted by Crippen LogP contribution is -1.99. The zero-order valence-corrected chi connectivity index (χ0v) is 14.4. The predicted molar refractivity (Wildman–Crippen MR) is 98.0 cm³/mol. The molecular formula is C17H12ClN5OS. The van der Waals surface area contributed by atoms with Crippen molar-refractivity contribution in [1.82, 2.24) is 24.5 Å². The first-order valence-electron chi connectivity index (χ1n) is 7.41. The van der Waals surface area contributed by atoms with Crippen LogP contribution in [0.25, 0.3) is 22.9 Å². The molecule has 0 atom stereocenters. The number of benzene rings is 2. The smallest absolute Gasteiger partial charge is 0.200 e. The van der Waals surface area contributed by atoms with Gasteiger partial charge >= 0.3 is 0 Å². The number of halogens is 1. The monoisotopic (exact) mass is 369 g/mol. The van der Waals surface area contributed by atoms with Crippen molar-refractivity contribution in [2.75, 3.05) is 0 Å². The molecule has 2 aromatic heterocycles. The first-order chi connectivity index (χ1) is 12.1. The van der Waals surface area contributed by atoms with Gasteiger partial charge in [-0.05, 0) is 48.6 Å². The molecule has 0 unspecified atom stereocenters. The minimum atomic E-state index is 0.00105. The van der Waals surface area contributed by atoms with E-state index in [1.807, 2.05) is 42.5 Å². The zero-order chi connectivity index (χ0) is 17.4. The lowest BCUT2D eigenvalue weighted by atomic mass is 10.3. The highest BCUT2D eigenvalue weighted by molar-refractivity contribution is 7.71. The molecule has 0 aliphatic carbocycles. The van der Waals surface area contributed by atoms with Crippen LogP contribution in [0, 0.1) is 4.77 Å². The number of nitrogens with one attached hydrogen (secondary N) is 1. The normalized spacial score (nSPS) is 10.9. The molecule has 0 spiro atoms. The van der Waals surface area contributed by atoms with Crippen LogP contribution in [0.4, 0.5) is 0 Å². The Bertz CT molecular complexity index is 1080. The van der Waals surface area contributed by atoms with Gasteiger partial charge in [0.25, 0.3) is 0 Å². The van der Waals surface area contributed by atoms with Gasteiger partial charge < -0.3 is 5.11 Å². The SMILES string of the molecule is Oc1cn(-c2ccc(Cl)cc2)nc1-c1n[nH]c(=S)n1-c1ccccc1. The fraction of sp³-hybridized carbons (Fsp3) is 0. The fourth-order valence-electron chi connectivity index (χ4n) is 2.52. The van der Waals surface area contributed by atoms with Crippen molar-refractivity contribution in [2.24, 2.45) is 0 Å². The molecule has 0 fully saturated rings. The molecule has 6 nitrogen and oxygen atoms in total. The molecule has 2 N–H and O–H groups in total. The minimum Gasteiger partial charge on any atom is -0.504 e. The van der Waals surface area contributed by atoms with Crippen LogP contribution in [0.1, 0.15) is 0 Å². The lowest BCUT2D eigenvalue weighted by molar-refractivity contribution is 0.476. The van der Waals surface area contributed by atoms with Crippen LogP contribution in [-0.2, 0) is 0 Å². The molecule has 0 amide bonds. The van der Waals surface area contributed by atoms with Crippen molar-refractivity contribution in [3.63, 3.8) is 0 Å². The van der Waals surface area contributed by atoms with Gasteiger partial charge in [0.1, 0.15) is 0 Å². The van der Waals surface area contributed by atoms with E-state index in [0.717, 1.165) is 11.4 Å². The molecule has 25 heavy (non-hydrogen) atoms. The van der Waals surface area contributed by atoms with Crippen LogP contribution >= 0.6 is 23.8 Å². The second-order valence-electron chi connectivity index (χ2n) is 5.31. The van der Waals surface area contributed by atoms with E-state index in [4.69, 9.17) is 23.8 Å². The highest BCUT2D eigenvalue weighted by Gasteiger charge is 2.19. The molecule has 4 aromatic rings. The van der Waals surface area contributed by atoms with Gasteiger partial charge in [-0.1, -0.05) is 29.8 Å². The van der Waals surface area contributed by atoms with Crippen LogP contribution in [-0.4, -0.2) is 29.7 Å². The average molecular weight is 370 g/mol. The van der Waals surface area contributed by atoms with Crippen LogP contribution in [0.5, 0.6) is 5.75 Å². The van der Waals surface area contributed by atoms with Gasteiger partial charge in [0.15, 0.2) is 22.0 Å². The first kappa shape index (κ1) is 15.6. The van der Waals surface area contributed by atoms with Gasteiger partial charge in [-0.2, -0.15) is 10.2 Å². The van der Waals surface area contributed by atoms with Crippen molar-refractivity contribution < 1.29 is 5.11 Å². The van der Waals surface area contributed by atoms with E-state index in [-0.39, 0.29) is 5.75 Å². The standard InChI is InChI=1S/C17H12ClN5OS/c18-11-6-8-12(9-7-11)22-10-14(24)15(21-22)16-19-20-17(25)23(16)13-4-2-1-3-5-13/h1-10,24H,(H,20,25). The van der Waals surface area contributed by atoms with Gasteiger partial charge in [0.05, 0.1) is 17.6 Å². The van der Waals surface area contributed by atoms with E-state index in [9.17, 15) is 5.11 Å². The summed E-state index contributed by atoms with van der Waals surface area (Å²) >= 11 is 11.2. The Morgan fingerprint density at radius 1 is 1.00 bits per heavy atom. The number of aromatic nitrogens is 5. The molecule has 0 aliphatic rings. The quantitative estimate of drug-likeness (QED) is 0.532. The fourth-order valence-corrected chi connectivity index (χ4v) is 2.89. The summed E-state index contributed by atoms with van der Waals surface area (Å²) in [6.45, 7) is 0. The molecule has 0 radical (unpaired) electrons. The van der Waals surface area contributed by atoms with E-state index < -0.39 is 0 Å². The summed E-state index contributed by atoms with van der Waals surface area (Å²) in [4.78, 5) is 0. The van der Waals surface area contributed by atoms with E-state index in [1.54, 1.807) is 21.4 Å². The molecule has 2 heterocycles. The van der Waals surface area contributed by atoms with Crippen LogP contribution < -0.4 is 0 Å². The summed E-state index contributed by atoms with van der Waals surface area (Å²) < 4.78 is 3.71. The summed E-state index contributed by atoms with van der Waals surface area (Å²) in [5.41, 5.74) is 1.93. The van der Waals surface area contributed by atoms with Crippen molar-refractivity contribution >= 4 is 23.8 Å². The number of aromatic amines is 1. The Morgan fingerprint density at radius 3 is 2.44 bits per heavy atom. The molecule has 8 heteroatoms. The summed E-state index contributed by atoms with van der Waals surface area (Å²) in [5.74, 6) is 0.433. The number of hydrogen-bond donors (Lipinski definition) is 2. The number of aromatic hydroxyl groups is 1. The molecule has 0 bridgehead atoms. The van der Waals surface area contributed by atoms with Gasteiger partial charge in [-0.15, -0.1) is 0 Å². The third-order valence-electron chi connectivity index (χ3n) is 3.68. The van der Waals surface area contributed by atoms with Crippen LogP contribution in [0.2, 0.25) is 5.02 Å². The van der Waals surface area contributed by atoms with Gasteiger partial charge in [0.2, 0.25) is 0 Å². The van der Waals surface area contributed by atoms with Crippen molar-refractivity contribution in [2.45, 2.75) is 0 Å². The Kier molecular flexibility index (Phi) is 3.87. The van der Waals surface area contributed by atoms with Crippen molar-refractivity contribution in [1.29, 1.82) is 0 Å². The third kappa shape index (κ3) is 2.84. The Hall–Kier alpha value is -2.90. The summed E-state index contributed by atoms with van der Waals surface area (Å²) in [7, 11) is 0. The maximum atomic E-state index is 10.4. The van der Waals surface area contributed by atoms with Crippen molar-refractivity contribution in [3.05, 3.63) is 70.6 Å². The highest BCUT2D eigenvalue weighted by atomic mass is 35.5. The van der Waals surface area contributed by atoms with Gasteiger partial charge in [-0.3, -0.25) is 9.67 Å². The molecule has 2 aromatic carbocycles. The Balaban J connectivity index is 1.85. The van der Waals surface area contributed by atoms with E-state index in [2.05, 4.69) is 15.3 Å². The lowest BCUT2D eigenvalue weighted by Gasteiger charge is -2.05. The minimum absolute atomic E-state index is 0.00105. The van der Waals surface area contributed by atoms with E-state index in [0.29, 0.717) is 21.3 Å². The van der Waals surface area contributed by atoms with E-state index in [1.165, 1.54) is 6.20 Å². The van der Waals surface area contributed by atoms with Gasteiger partial charge in [0, 0.05) is 5.02 Å².